The minimum Gasteiger partial charge on any atom is -0.487 e. The van der Waals surface area contributed by atoms with E-state index >= 15 is 0 Å². The lowest BCUT2D eigenvalue weighted by molar-refractivity contribution is -0.390. The molecule has 1 fully saturated rings. The van der Waals surface area contributed by atoms with E-state index in [-0.39, 0.29) is 20.6 Å². The van der Waals surface area contributed by atoms with Gasteiger partial charge in [-0.05, 0) is 25.7 Å². The molecule has 0 spiro atoms. The lowest BCUT2D eigenvalue weighted by Crippen LogP contribution is -2.08. The number of nitro groups is 1. The average Bonchev–Trinajstić information content (AvgIpc) is 3.63. The predicted molar refractivity (Wildman–Crippen MR) is 158 cm³/mol. The first-order chi connectivity index (χ1) is 21.4. The molecule has 0 saturated carbocycles. The summed E-state index contributed by atoms with van der Waals surface area (Å²) < 4.78 is 120. The first-order valence-electron chi connectivity index (χ1n) is 14.3. The van der Waals surface area contributed by atoms with Gasteiger partial charge in [0, 0.05) is 20.3 Å². The molecule has 0 radical (unpaired) electrons. The van der Waals surface area contributed by atoms with Crippen molar-refractivity contribution in [3.63, 3.8) is 0 Å². The summed E-state index contributed by atoms with van der Waals surface area (Å²) in [5, 5.41) is 17.3. The Hall–Kier alpha value is -3.40. The van der Waals surface area contributed by atoms with E-state index in [0.717, 1.165) is 58.8 Å². The fourth-order valence-corrected chi connectivity index (χ4v) is 3.56. The molecule has 1 heterocycles. The highest BCUT2D eigenvalue weighted by Crippen LogP contribution is 2.34. The van der Waals surface area contributed by atoms with Crippen LogP contribution in [0, 0.1) is 56.7 Å². The van der Waals surface area contributed by atoms with Gasteiger partial charge < -0.3 is 25.1 Å². The Kier molecular flexibility index (Phi) is 24.1. The second kappa shape index (κ2) is 24.8. The van der Waals surface area contributed by atoms with Gasteiger partial charge in [0.2, 0.25) is 34.9 Å². The van der Waals surface area contributed by atoms with Crippen LogP contribution in [0.25, 0.3) is 0 Å². The topological polar surface area (TPSA) is 117 Å². The van der Waals surface area contributed by atoms with Crippen molar-refractivity contribution in [1.29, 1.82) is 0 Å². The molecule has 46 heavy (non-hydrogen) atoms. The summed E-state index contributed by atoms with van der Waals surface area (Å²) >= 11 is 0. The van der Waals surface area contributed by atoms with Gasteiger partial charge in [-0.25, -0.2) is 8.78 Å². The number of unbranched alkanes of at least 4 members (excludes halogenated alkanes) is 6. The average molecular weight is 681 g/mol. The number of aliphatic hydroxyl groups excluding tert-OH is 1. The fourth-order valence-electron chi connectivity index (χ4n) is 3.56. The second-order valence-electron chi connectivity index (χ2n) is 9.33. The van der Waals surface area contributed by atoms with Crippen LogP contribution in [0.15, 0.2) is 0 Å². The molecule has 0 aromatic heterocycles. The Morgan fingerprint density at radius 2 is 1.02 bits per heavy atom. The number of nitro benzene ring substituents is 1. The number of nitrogens with two attached hydrogens (primary N) is 1. The summed E-state index contributed by atoms with van der Waals surface area (Å²) in [4.78, 5) is 8.82. The van der Waals surface area contributed by atoms with Crippen molar-refractivity contribution in [2.24, 2.45) is 0 Å². The third kappa shape index (κ3) is 13.9. The number of nitrogens with zero attached hydrogens (tertiary/aromatic N) is 1. The first kappa shape index (κ1) is 44.7. The van der Waals surface area contributed by atoms with Gasteiger partial charge in [0.15, 0.2) is 23.1 Å². The molecule has 0 aliphatic carbocycles. The van der Waals surface area contributed by atoms with Crippen LogP contribution in [-0.2, 0) is 4.74 Å². The molecule has 3 rings (SSSR count). The second-order valence-corrected chi connectivity index (χ2v) is 9.33. The largest absolute Gasteiger partial charge is 0.487 e. The van der Waals surface area contributed by atoms with Gasteiger partial charge >= 0.3 is 5.69 Å². The monoisotopic (exact) mass is 680 g/mol. The molecule has 0 atom stereocenters. The van der Waals surface area contributed by atoms with Crippen LogP contribution in [0.2, 0.25) is 0 Å². The van der Waals surface area contributed by atoms with Gasteiger partial charge in [-0.2, -0.15) is 26.3 Å². The van der Waals surface area contributed by atoms with Crippen LogP contribution >= 0.6 is 0 Å². The maximum atomic E-state index is 13.4. The summed E-state index contributed by atoms with van der Waals surface area (Å²) in [6.07, 6.45) is 8.89. The third-order valence-electron chi connectivity index (χ3n) is 5.96. The zero-order valence-corrected chi connectivity index (χ0v) is 25.4. The minimum atomic E-state index is -2.07. The number of halogens is 8. The van der Waals surface area contributed by atoms with E-state index in [1.807, 2.05) is 13.8 Å². The summed E-state index contributed by atoms with van der Waals surface area (Å²) in [5.74, 6) is -16.7. The van der Waals surface area contributed by atoms with Crippen LogP contribution < -0.4 is 15.2 Å². The predicted octanol–water partition coefficient (Wildman–Crippen LogP) is 8.94. The zero-order chi connectivity index (χ0) is 34.5. The summed E-state index contributed by atoms with van der Waals surface area (Å²) in [6.45, 7) is 5.83. The van der Waals surface area contributed by atoms with Crippen molar-refractivity contribution in [2.45, 2.75) is 85.5 Å². The molecule has 266 valence electrons. The molecule has 1 aliphatic heterocycles. The van der Waals surface area contributed by atoms with Crippen LogP contribution in [0.4, 0.5) is 46.5 Å². The Balaban J connectivity index is 0. The molecular formula is C30H44F8N2O6. The summed E-state index contributed by atoms with van der Waals surface area (Å²) in [6, 6.07) is 0. The zero-order valence-electron chi connectivity index (χ0n) is 25.4. The molecule has 1 aliphatic rings. The van der Waals surface area contributed by atoms with E-state index < -0.39 is 74.3 Å². The molecular weight excluding hydrogens is 636 g/mol. The van der Waals surface area contributed by atoms with Gasteiger partial charge in [-0.15, -0.1) is 0 Å². The summed E-state index contributed by atoms with van der Waals surface area (Å²) in [5.41, 5.74) is 1.82. The van der Waals surface area contributed by atoms with Gasteiger partial charge in [0.25, 0.3) is 0 Å². The number of hydrogen-bond acceptors (Lipinski definition) is 7. The van der Waals surface area contributed by atoms with Gasteiger partial charge in [0.1, 0.15) is 5.69 Å². The van der Waals surface area contributed by atoms with Crippen molar-refractivity contribution in [1.82, 2.24) is 0 Å². The normalized spacial score (nSPS) is 11.6. The molecule has 8 nitrogen and oxygen atoms in total. The molecule has 2 aromatic carbocycles. The molecule has 3 N–H and O–H groups in total. The SMILES string of the molecule is C.C1CCOC1.CCCCCCOc1c(F)c(F)c(N)c(F)c1F.CCCCCCOc1c(F)c(F)c([N+](=O)[O-])c(F)c1F.CO. The lowest BCUT2D eigenvalue weighted by Gasteiger charge is -2.10. The van der Waals surface area contributed by atoms with Crippen molar-refractivity contribution in [2.75, 3.05) is 39.3 Å². The number of hydrogen-bond donors (Lipinski definition) is 2. The number of anilines is 1. The van der Waals surface area contributed by atoms with E-state index in [9.17, 15) is 45.2 Å². The lowest BCUT2D eigenvalue weighted by atomic mass is 10.2. The van der Waals surface area contributed by atoms with Crippen LogP contribution in [-0.4, -0.2) is 43.6 Å². The van der Waals surface area contributed by atoms with E-state index in [1.165, 1.54) is 12.8 Å². The fraction of sp³-hybridized carbons (Fsp3) is 0.600. The standard InChI is InChI=1S/C12H13F4NO3.C12H15F4NO.C4H8O.CH4O.CH4/c1-2-3-4-5-6-20-12-9(15)7(13)11(17(18)19)8(14)10(12)16;1-2-3-4-5-6-18-12-9(15)7(13)11(17)8(14)10(12)16;1-2-4-5-3-1;1-2;/h2-6H2,1H3;2-6,17H2,1H3;1-4H2;2H,1H3;1H4. The van der Waals surface area contributed by atoms with Crippen molar-refractivity contribution in [3.8, 4) is 11.5 Å². The van der Waals surface area contributed by atoms with Crippen molar-refractivity contribution >= 4 is 11.4 Å². The molecule has 0 amide bonds. The molecule has 1 saturated heterocycles. The number of benzene rings is 2. The molecule has 16 heteroatoms. The van der Waals surface area contributed by atoms with Gasteiger partial charge in [-0.3, -0.25) is 10.1 Å². The quantitative estimate of drug-likeness (QED) is 0.0542. The maximum absolute atomic E-state index is 13.4. The van der Waals surface area contributed by atoms with E-state index in [2.05, 4.69) is 4.74 Å². The summed E-state index contributed by atoms with van der Waals surface area (Å²) in [7, 11) is 1.00. The number of aliphatic hydroxyl groups is 1. The Morgan fingerprint density at radius 3 is 1.30 bits per heavy atom. The smallest absolute Gasteiger partial charge is 0.346 e. The number of rotatable bonds is 13. The molecule has 2 aromatic rings. The Labute approximate surface area is 264 Å². The Morgan fingerprint density at radius 1 is 0.674 bits per heavy atom. The number of ether oxygens (including phenoxy) is 3. The van der Waals surface area contributed by atoms with E-state index in [1.54, 1.807) is 0 Å². The van der Waals surface area contributed by atoms with Crippen LogP contribution in [0.3, 0.4) is 0 Å². The highest BCUT2D eigenvalue weighted by Gasteiger charge is 2.34. The van der Waals surface area contributed by atoms with Crippen LogP contribution in [0.5, 0.6) is 11.5 Å². The van der Waals surface area contributed by atoms with E-state index in [0.29, 0.717) is 12.8 Å². The maximum Gasteiger partial charge on any atom is 0.346 e. The molecule has 0 unspecified atom stereocenters. The van der Waals surface area contributed by atoms with Crippen LogP contribution in [0.1, 0.15) is 85.5 Å². The van der Waals surface area contributed by atoms with Gasteiger partial charge in [-0.1, -0.05) is 59.8 Å². The third-order valence-corrected chi connectivity index (χ3v) is 5.96. The number of nitrogen functional groups attached to an aromatic ring is 1. The Bertz CT molecular complexity index is 1120. The highest BCUT2D eigenvalue weighted by atomic mass is 19.2. The van der Waals surface area contributed by atoms with Gasteiger partial charge in [0.05, 0.1) is 18.1 Å². The van der Waals surface area contributed by atoms with Crippen molar-refractivity contribution in [3.05, 3.63) is 56.7 Å². The molecule has 0 bridgehead atoms. The van der Waals surface area contributed by atoms with E-state index in [4.69, 9.17) is 20.3 Å². The first-order valence-corrected chi connectivity index (χ1v) is 14.3. The highest BCUT2D eigenvalue weighted by molar-refractivity contribution is 5.47. The minimum absolute atomic E-state index is 0. The van der Waals surface area contributed by atoms with Crippen molar-refractivity contribution < 1.29 is 59.4 Å².